The first-order chi connectivity index (χ1) is 7.81. The zero-order valence-electron chi connectivity index (χ0n) is 10.2. The number of likely N-dealkylation sites (N-methyl/N-ethyl adjacent to an activating group) is 1. The summed E-state index contributed by atoms with van der Waals surface area (Å²) < 4.78 is 2.16. The van der Waals surface area contributed by atoms with Crippen LogP contribution >= 0.6 is 0 Å². The highest BCUT2D eigenvalue weighted by atomic mass is 15.3. The summed E-state index contributed by atoms with van der Waals surface area (Å²) in [5.41, 5.74) is 1.34. The fourth-order valence-electron chi connectivity index (χ4n) is 2.30. The summed E-state index contributed by atoms with van der Waals surface area (Å²) in [7, 11) is 1.99. The Balaban J connectivity index is 2.00. The Labute approximate surface area is 97.4 Å². The molecule has 0 aromatic carbocycles. The van der Waals surface area contributed by atoms with Gasteiger partial charge in [-0.3, -0.25) is 4.68 Å². The summed E-state index contributed by atoms with van der Waals surface area (Å²) in [5, 5.41) is 11.1. The number of aromatic nitrogens is 2. The van der Waals surface area contributed by atoms with Crippen molar-refractivity contribution in [3.05, 3.63) is 18.0 Å². The Morgan fingerprint density at radius 2 is 2.31 bits per heavy atom. The molecule has 1 atom stereocenters. The van der Waals surface area contributed by atoms with Crippen molar-refractivity contribution in [2.24, 2.45) is 0 Å². The lowest BCUT2D eigenvalue weighted by molar-refractivity contribution is 0.343. The van der Waals surface area contributed by atoms with Crippen molar-refractivity contribution in [2.45, 2.75) is 31.7 Å². The number of rotatable bonds is 4. The average Bonchev–Trinajstić information content (AvgIpc) is 2.80. The van der Waals surface area contributed by atoms with Gasteiger partial charge in [0.15, 0.2) is 0 Å². The van der Waals surface area contributed by atoms with Crippen LogP contribution < -0.4 is 10.6 Å². The van der Waals surface area contributed by atoms with Crippen LogP contribution in [-0.4, -0.2) is 36.5 Å². The molecular weight excluding hydrogens is 200 g/mol. The van der Waals surface area contributed by atoms with Gasteiger partial charge < -0.3 is 10.6 Å². The van der Waals surface area contributed by atoms with Gasteiger partial charge in [0.25, 0.3) is 0 Å². The van der Waals surface area contributed by atoms with Gasteiger partial charge in [-0.15, -0.1) is 0 Å². The second kappa shape index (κ2) is 5.46. The van der Waals surface area contributed by atoms with E-state index < -0.39 is 0 Å². The number of nitrogens with zero attached hydrogens (tertiary/aromatic N) is 2. The summed E-state index contributed by atoms with van der Waals surface area (Å²) in [4.78, 5) is 0. The normalized spacial score (nSPS) is 19.9. The monoisotopic (exact) mass is 222 g/mol. The minimum Gasteiger partial charge on any atom is -0.319 e. The second-order valence-corrected chi connectivity index (χ2v) is 4.69. The Bertz CT molecular complexity index is 315. The highest BCUT2D eigenvalue weighted by Crippen LogP contribution is 2.20. The molecule has 2 heterocycles. The van der Waals surface area contributed by atoms with E-state index in [0.717, 1.165) is 19.6 Å². The summed E-state index contributed by atoms with van der Waals surface area (Å²) >= 11 is 0. The Hall–Kier alpha value is -0.870. The van der Waals surface area contributed by atoms with Gasteiger partial charge >= 0.3 is 0 Å². The van der Waals surface area contributed by atoms with Crippen molar-refractivity contribution < 1.29 is 0 Å². The third-order valence-electron chi connectivity index (χ3n) is 3.38. The number of hydrogen-bond donors (Lipinski definition) is 2. The van der Waals surface area contributed by atoms with Crippen molar-refractivity contribution in [3.63, 3.8) is 0 Å². The third-order valence-corrected chi connectivity index (χ3v) is 3.38. The maximum atomic E-state index is 4.50. The Kier molecular flexibility index (Phi) is 3.96. The molecule has 4 heteroatoms. The van der Waals surface area contributed by atoms with E-state index in [-0.39, 0.29) is 0 Å². The van der Waals surface area contributed by atoms with Crippen LogP contribution in [0.3, 0.4) is 0 Å². The van der Waals surface area contributed by atoms with Gasteiger partial charge in [0.1, 0.15) is 0 Å². The van der Waals surface area contributed by atoms with Crippen LogP contribution in [0.4, 0.5) is 0 Å². The van der Waals surface area contributed by atoms with Gasteiger partial charge in [-0.05, 0) is 44.5 Å². The quantitative estimate of drug-likeness (QED) is 0.802. The van der Waals surface area contributed by atoms with Crippen molar-refractivity contribution in [1.82, 2.24) is 20.4 Å². The van der Waals surface area contributed by atoms with Gasteiger partial charge in [0.05, 0.1) is 12.2 Å². The van der Waals surface area contributed by atoms with Gasteiger partial charge in [0.2, 0.25) is 0 Å². The standard InChI is InChI=1S/C12H22N4/c1-10(7-13-2)11-8-15-16(9-11)12-3-5-14-6-4-12/h8-10,12-14H,3-7H2,1-2H3. The minimum atomic E-state index is 0.542. The van der Waals surface area contributed by atoms with E-state index in [1.165, 1.54) is 18.4 Å². The molecule has 0 radical (unpaired) electrons. The first-order valence-electron chi connectivity index (χ1n) is 6.20. The van der Waals surface area contributed by atoms with E-state index in [2.05, 4.69) is 33.5 Å². The van der Waals surface area contributed by atoms with E-state index in [9.17, 15) is 0 Å². The van der Waals surface area contributed by atoms with E-state index in [4.69, 9.17) is 0 Å². The van der Waals surface area contributed by atoms with Crippen molar-refractivity contribution in [3.8, 4) is 0 Å². The highest BCUT2D eigenvalue weighted by Gasteiger charge is 2.16. The first kappa shape index (κ1) is 11.6. The van der Waals surface area contributed by atoms with Crippen LogP contribution in [0.5, 0.6) is 0 Å². The summed E-state index contributed by atoms with van der Waals surface area (Å²) in [6, 6.07) is 0.594. The fourth-order valence-corrected chi connectivity index (χ4v) is 2.30. The average molecular weight is 222 g/mol. The maximum absolute atomic E-state index is 4.50. The molecule has 1 aromatic rings. The molecule has 1 saturated heterocycles. The molecule has 2 N–H and O–H groups in total. The van der Waals surface area contributed by atoms with Gasteiger partial charge in [-0.25, -0.2) is 0 Å². The summed E-state index contributed by atoms with van der Waals surface area (Å²) in [6.45, 7) is 5.48. The number of nitrogens with one attached hydrogen (secondary N) is 2. The topological polar surface area (TPSA) is 41.9 Å². The molecule has 0 aliphatic carbocycles. The maximum Gasteiger partial charge on any atom is 0.0543 e. The molecule has 0 spiro atoms. The zero-order valence-corrected chi connectivity index (χ0v) is 10.2. The van der Waals surface area contributed by atoms with E-state index in [1.807, 2.05) is 13.2 Å². The van der Waals surface area contributed by atoms with Crippen molar-refractivity contribution >= 4 is 0 Å². The number of piperidine rings is 1. The molecule has 2 rings (SSSR count). The predicted molar refractivity (Wildman–Crippen MR) is 65.7 cm³/mol. The van der Waals surface area contributed by atoms with Gasteiger partial charge in [0, 0.05) is 12.7 Å². The summed E-state index contributed by atoms with van der Waals surface area (Å²) in [6.07, 6.45) is 6.63. The molecule has 0 bridgehead atoms. The highest BCUT2D eigenvalue weighted by molar-refractivity contribution is 5.11. The lowest BCUT2D eigenvalue weighted by Crippen LogP contribution is -2.29. The SMILES string of the molecule is CNCC(C)c1cnn(C2CCNCC2)c1. The minimum absolute atomic E-state index is 0.542. The van der Waals surface area contributed by atoms with E-state index in [0.29, 0.717) is 12.0 Å². The van der Waals surface area contributed by atoms with Crippen LogP contribution in [0.1, 0.15) is 37.3 Å². The van der Waals surface area contributed by atoms with E-state index >= 15 is 0 Å². The second-order valence-electron chi connectivity index (χ2n) is 4.69. The lowest BCUT2D eigenvalue weighted by atomic mass is 10.1. The largest absolute Gasteiger partial charge is 0.319 e. The van der Waals surface area contributed by atoms with Crippen LogP contribution in [0.25, 0.3) is 0 Å². The lowest BCUT2D eigenvalue weighted by Gasteiger charge is -2.22. The van der Waals surface area contributed by atoms with Crippen molar-refractivity contribution in [2.75, 3.05) is 26.7 Å². The van der Waals surface area contributed by atoms with Crippen LogP contribution in [-0.2, 0) is 0 Å². The molecule has 1 aliphatic rings. The molecular formula is C12H22N4. The summed E-state index contributed by atoms with van der Waals surface area (Å²) in [5.74, 6) is 0.542. The van der Waals surface area contributed by atoms with Gasteiger partial charge in [-0.1, -0.05) is 6.92 Å². The molecule has 4 nitrogen and oxygen atoms in total. The molecule has 0 saturated carbocycles. The molecule has 1 fully saturated rings. The van der Waals surface area contributed by atoms with Gasteiger partial charge in [-0.2, -0.15) is 5.10 Å². The van der Waals surface area contributed by atoms with Crippen LogP contribution in [0.15, 0.2) is 12.4 Å². The first-order valence-corrected chi connectivity index (χ1v) is 6.20. The van der Waals surface area contributed by atoms with Crippen molar-refractivity contribution in [1.29, 1.82) is 0 Å². The number of hydrogen-bond acceptors (Lipinski definition) is 3. The third kappa shape index (κ3) is 2.62. The smallest absolute Gasteiger partial charge is 0.0543 e. The molecule has 1 aromatic heterocycles. The van der Waals surface area contributed by atoms with E-state index in [1.54, 1.807) is 0 Å². The predicted octanol–water partition coefficient (Wildman–Crippen LogP) is 1.13. The Morgan fingerprint density at radius 3 is 3.00 bits per heavy atom. The fraction of sp³-hybridized carbons (Fsp3) is 0.750. The Morgan fingerprint density at radius 1 is 1.56 bits per heavy atom. The molecule has 1 aliphatic heterocycles. The van der Waals surface area contributed by atoms with Crippen LogP contribution in [0.2, 0.25) is 0 Å². The van der Waals surface area contributed by atoms with Crippen LogP contribution in [0, 0.1) is 0 Å². The molecule has 90 valence electrons. The molecule has 1 unspecified atom stereocenters. The molecule has 16 heavy (non-hydrogen) atoms. The zero-order chi connectivity index (χ0) is 11.4. The molecule has 0 amide bonds.